The van der Waals surface area contributed by atoms with Gasteiger partial charge in [-0.2, -0.15) is 0 Å². The lowest BCUT2D eigenvalue weighted by atomic mass is 10.1. The number of urea groups is 1. The highest BCUT2D eigenvalue weighted by Crippen LogP contribution is 2.19. The second-order valence-corrected chi connectivity index (χ2v) is 9.74. The molecule has 3 amide bonds. The molecule has 38 heavy (non-hydrogen) atoms. The van der Waals surface area contributed by atoms with Crippen LogP contribution in [0.15, 0.2) is 79.0 Å². The van der Waals surface area contributed by atoms with Crippen molar-refractivity contribution in [1.82, 2.24) is 14.8 Å². The molecule has 0 radical (unpaired) electrons. The van der Waals surface area contributed by atoms with Gasteiger partial charge in [-0.25, -0.2) is 13.6 Å². The van der Waals surface area contributed by atoms with Crippen molar-refractivity contribution in [3.63, 3.8) is 0 Å². The van der Waals surface area contributed by atoms with Crippen LogP contribution in [0.25, 0.3) is 10.9 Å². The van der Waals surface area contributed by atoms with Gasteiger partial charge in [-0.3, -0.25) is 4.79 Å². The van der Waals surface area contributed by atoms with E-state index in [1.54, 1.807) is 4.90 Å². The van der Waals surface area contributed by atoms with Gasteiger partial charge in [0.15, 0.2) is 11.6 Å². The van der Waals surface area contributed by atoms with Crippen LogP contribution in [0.3, 0.4) is 0 Å². The number of anilines is 1. The number of benzene rings is 3. The second kappa shape index (κ2) is 12.4. The van der Waals surface area contributed by atoms with Gasteiger partial charge in [0.1, 0.15) is 6.54 Å². The molecule has 0 fully saturated rings. The first-order valence-electron chi connectivity index (χ1n) is 12.7. The molecule has 0 saturated heterocycles. The zero-order valence-electron chi connectivity index (χ0n) is 21.6. The molecule has 2 N–H and O–H groups in total. The molecule has 3 aromatic carbocycles. The number of nitrogens with one attached hydrogen (secondary N) is 2. The molecule has 0 unspecified atom stereocenters. The van der Waals surface area contributed by atoms with Gasteiger partial charge in [-0.15, -0.1) is 0 Å². The number of para-hydroxylation sites is 1. The van der Waals surface area contributed by atoms with Crippen molar-refractivity contribution in [2.45, 2.75) is 26.8 Å². The molecule has 1 aromatic heterocycles. The van der Waals surface area contributed by atoms with Crippen LogP contribution in [0, 0.1) is 17.6 Å². The zero-order chi connectivity index (χ0) is 27.1. The molecule has 8 heteroatoms. The number of hydrogen-bond acceptors (Lipinski definition) is 2. The van der Waals surface area contributed by atoms with Gasteiger partial charge < -0.3 is 20.1 Å². The summed E-state index contributed by atoms with van der Waals surface area (Å²) in [5, 5.41) is 3.71. The minimum absolute atomic E-state index is 0.0901. The van der Waals surface area contributed by atoms with Crippen molar-refractivity contribution in [1.29, 1.82) is 0 Å². The quantitative estimate of drug-likeness (QED) is 0.262. The Morgan fingerprint density at radius 1 is 0.921 bits per heavy atom. The molecular formula is C30H32F2N4O2. The third kappa shape index (κ3) is 6.97. The van der Waals surface area contributed by atoms with Crippen molar-refractivity contribution in [2.75, 3.05) is 25.0 Å². The highest BCUT2D eigenvalue weighted by Gasteiger charge is 2.23. The maximum atomic E-state index is 13.7. The molecule has 4 aromatic rings. The van der Waals surface area contributed by atoms with Crippen LogP contribution in [0.1, 0.15) is 25.0 Å². The van der Waals surface area contributed by atoms with E-state index < -0.39 is 17.7 Å². The van der Waals surface area contributed by atoms with Gasteiger partial charge in [-0.1, -0.05) is 62.4 Å². The number of aromatic nitrogens is 1. The van der Waals surface area contributed by atoms with Gasteiger partial charge in [0.2, 0.25) is 5.91 Å². The van der Waals surface area contributed by atoms with Crippen molar-refractivity contribution in [3.8, 4) is 0 Å². The van der Waals surface area contributed by atoms with E-state index in [2.05, 4.69) is 16.4 Å². The van der Waals surface area contributed by atoms with Gasteiger partial charge >= 0.3 is 6.03 Å². The predicted molar refractivity (Wildman–Crippen MR) is 146 cm³/mol. The van der Waals surface area contributed by atoms with Gasteiger partial charge in [-0.05, 0) is 41.7 Å². The van der Waals surface area contributed by atoms with Crippen LogP contribution in [0.2, 0.25) is 0 Å². The van der Waals surface area contributed by atoms with Crippen LogP contribution in [0.5, 0.6) is 0 Å². The number of fused-ring (bicyclic) bond motifs is 1. The number of halogens is 2. The summed E-state index contributed by atoms with van der Waals surface area (Å²) in [4.78, 5) is 33.1. The van der Waals surface area contributed by atoms with Gasteiger partial charge in [0, 0.05) is 48.5 Å². The average molecular weight is 519 g/mol. The monoisotopic (exact) mass is 518 g/mol. The Labute approximate surface area is 221 Å². The summed E-state index contributed by atoms with van der Waals surface area (Å²) in [5.74, 6) is -2.16. The number of carbonyl (C=O) groups is 2. The summed E-state index contributed by atoms with van der Waals surface area (Å²) in [6.45, 7) is 4.94. The van der Waals surface area contributed by atoms with Crippen molar-refractivity contribution in [2.24, 2.45) is 5.92 Å². The fourth-order valence-electron chi connectivity index (χ4n) is 4.39. The van der Waals surface area contributed by atoms with E-state index in [4.69, 9.17) is 0 Å². The summed E-state index contributed by atoms with van der Waals surface area (Å²) >= 11 is 0. The Morgan fingerprint density at radius 3 is 2.39 bits per heavy atom. The molecule has 0 aliphatic heterocycles. The fourth-order valence-corrected chi connectivity index (χ4v) is 4.39. The number of hydrogen-bond donors (Lipinski definition) is 2. The normalized spacial score (nSPS) is 11.1. The largest absolute Gasteiger partial charge is 0.361 e. The third-order valence-corrected chi connectivity index (χ3v) is 6.26. The molecule has 4 rings (SSSR count). The molecule has 198 valence electrons. The van der Waals surface area contributed by atoms with Crippen molar-refractivity contribution >= 4 is 28.5 Å². The maximum Gasteiger partial charge on any atom is 0.322 e. The topological polar surface area (TPSA) is 68.4 Å². The fraction of sp³-hybridized carbons (Fsp3) is 0.267. The van der Waals surface area contributed by atoms with E-state index in [0.717, 1.165) is 34.2 Å². The summed E-state index contributed by atoms with van der Waals surface area (Å²) in [7, 11) is 0. The number of rotatable bonds is 10. The van der Waals surface area contributed by atoms with Crippen LogP contribution in [0.4, 0.5) is 19.3 Å². The molecule has 6 nitrogen and oxygen atoms in total. The Kier molecular flexibility index (Phi) is 8.73. The minimum Gasteiger partial charge on any atom is -0.361 e. The van der Waals surface area contributed by atoms with Crippen LogP contribution in [-0.4, -0.2) is 46.4 Å². The minimum atomic E-state index is -1.05. The van der Waals surface area contributed by atoms with Gasteiger partial charge in [0.05, 0.1) is 0 Å². The summed E-state index contributed by atoms with van der Waals surface area (Å²) in [6.07, 6.45) is 2.62. The van der Waals surface area contributed by atoms with Crippen molar-refractivity contribution < 1.29 is 18.4 Å². The summed E-state index contributed by atoms with van der Waals surface area (Å²) < 4.78 is 27.0. The molecule has 0 atom stereocenters. The van der Waals surface area contributed by atoms with E-state index >= 15 is 0 Å². The highest BCUT2D eigenvalue weighted by molar-refractivity contribution is 5.92. The Morgan fingerprint density at radius 2 is 1.66 bits per heavy atom. The van der Waals surface area contributed by atoms with Gasteiger partial charge in [0.25, 0.3) is 0 Å². The Bertz CT molecular complexity index is 1390. The van der Waals surface area contributed by atoms with E-state index in [1.807, 2.05) is 68.6 Å². The summed E-state index contributed by atoms with van der Waals surface area (Å²) in [5.41, 5.74) is 3.26. The second-order valence-electron chi connectivity index (χ2n) is 9.74. The average Bonchev–Trinajstić information content (AvgIpc) is 3.31. The Hall–Kier alpha value is -4.20. The first kappa shape index (κ1) is 26.9. The number of H-pyrrole nitrogens is 1. The molecule has 0 spiro atoms. The standard InChI is InChI=1S/C30H32F2N4O2/c1-21(2)18-36(30(38)34-24-12-13-26(31)27(32)16-24)20-29(37)35(19-22-8-4-3-5-9-22)15-14-23-17-33-28-11-7-6-10-25(23)28/h3-13,16-17,21,33H,14-15,18-20H2,1-2H3,(H,34,38). The maximum absolute atomic E-state index is 13.7. The number of aromatic amines is 1. The molecular weight excluding hydrogens is 486 g/mol. The van der Waals surface area contributed by atoms with Crippen molar-refractivity contribution in [3.05, 3.63) is 102 Å². The first-order chi connectivity index (χ1) is 18.3. The Balaban J connectivity index is 1.50. The molecule has 1 heterocycles. The first-order valence-corrected chi connectivity index (χ1v) is 12.7. The third-order valence-electron chi connectivity index (χ3n) is 6.26. The number of nitrogens with zero attached hydrogens (tertiary/aromatic N) is 2. The van der Waals surface area contributed by atoms with E-state index in [0.29, 0.717) is 26.1 Å². The van der Waals surface area contributed by atoms with Crippen LogP contribution < -0.4 is 5.32 Å². The van der Waals surface area contributed by atoms with Crippen LogP contribution >= 0.6 is 0 Å². The smallest absolute Gasteiger partial charge is 0.322 e. The highest BCUT2D eigenvalue weighted by atomic mass is 19.2. The lowest BCUT2D eigenvalue weighted by Crippen LogP contribution is -2.46. The predicted octanol–water partition coefficient (Wildman–Crippen LogP) is 6.21. The zero-order valence-corrected chi connectivity index (χ0v) is 21.6. The molecule has 0 aliphatic rings. The van der Waals surface area contributed by atoms with E-state index in [9.17, 15) is 18.4 Å². The number of amides is 3. The van der Waals surface area contributed by atoms with E-state index in [-0.39, 0.29) is 24.1 Å². The summed E-state index contributed by atoms with van der Waals surface area (Å²) in [6, 6.07) is 20.4. The lowest BCUT2D eigenvalue weighted by Gasteiger charge is -2.29. The molecule has 0 aliphatic carbocycles. The number of carbonyl (C=O) groups excluding carboxylic acids is 2. The lowest BCUT2D eigenvalue weighted by molar-refractivity contribution is -0.132. The SMILES string of the molecule is CC(C)CN(CC(=O)N(CCc1c[nH]c2ccccc12)Cc1ccccc1)C(=O)Nc1ccc(F)c(F)c1. The van der Waals surface area contributed by atoms with E-state index in [1.165, 1.54) is 11.0 Å². The molecule has 0 bridgehead atoms. The molecule has 0 saturated carbocycles. The van der Waals surface area contributed by atoms with Crippen LogP contribution in [-0.2, 0) is 17.8 Å².